The smallest absolute Gasteiger partial charge is 0.129 e. The van der Waals surface area contributed by atoms with Gasteiger partial charge in [0.15, 0.2) is 0 Å². The van der Waals surface area contributed by atoms with Crippen molar-refractivity contribution in [3.05, 3.63) is 54.0 Å². The minimum atomic E-state index is -0.596. The van der Waals surface area contributed by atoms with E-state index in [9.17, 15) is 5.11 Å². The summed E-state index contributed by atoms with van der Waals surface area (Å²) in [4.78, 5) is 2.13. The molecule has 1 atom stereocenters. The Balaban J connectivity index is 1.85. The maximum Gasteiger partial charge on any atom is 0.129 e. The van der Waals surface area contributed by atoms with Crippen LogP contribution in [0.1, 0.15) is 11.3 Å². The van der Waals surface area contributed by atoms with Gasteiger partial charge in [-0.25, -0.2) is 0 Å². The highest BCUT2D eigenvalue weighted by molar-refractivity contribution is 5.33. The average molecular weight is 349 g/mol. The molecular formula is C19H27NO5. The highest BCUT2D eigenvalue weighted by Crippen LogP contribution is 2.19. The van der Waals surface area contributed by atoms with Gasteiger partial charge in [0.05, 0.1) is 32.7 Å². The second kappa shape index (κ2) is 10.9. The lowest BCUT2D eigenvalue weighted by atomic mass is 10.1. The van der Waals surface area contributed by atoms with Gasteiger partial charge in [-0.3, -0.25) is 4.90 Å². The molecule has 0 amide bonds. The first kappa shape index (κ1) is 19.5. The van der Waals surface area contributed by atoms with Crippen LogP contribution < -0.4 is 4.74 Å². The Morgan fingerprint density at radius 2 is 2.00 bits per heavy atom. The first-order valence-electron chi connectivity index (χ1n) is 8.34. The SMILES string of the molecule is COCCN(Cc1ccccc1OC)C[C@@H](O)COCc1ccco1. The average Bonchev–Trinajstić information content (AvgIpc) is 3.13. The minimum absolute atomic E-state index is 0.246. The number of methoxy groups -OCH3 is 2. The van der Waals surface area contributed by atoms with Crippen LogP contribution in [0.15, 0.2) is 47.1 Å². The van der Waals surface area contributed by atoms with Gasteiger partial charge < -0.3 is 23.7 Å². The van der Waals surface area contributed by atoms with Crippen LogP contribution in [0.5, 0.6) is 5.75 Å². The van der Waals surface area contributed by atoms with E-state index in [2.05, 4.69) is 4.90 Å². The van der Waals surface area contributed by atoms with Crippen LogP contribution in [0, 0.1) is 0 Å². The first-order valence-corrected chi connectivity index (χ1v) is 8.34. The fourth-order valence-electron chi connectivity index (χ4n) is 2.57. The highest BCUT2D eigenvalue weighted by atomic mass is 16.5. The fraction of sp³-hybridized carbons (Fsp3) is 0.474. The molecule has 6 nitrogen and oxygen atoms in total. The summed E-state index contributed by atoms with van der Waals surface area (Å²) in [5.41, 5.74) is 1.07. The van der Waals surface area contributed by atoms with Crippen molar-refractivity contribution in [2.75, 3.05) is 40.5 Å². The summed E-state index contributed by atoms with van der Waals surface area (Å²) in [7, 11) is 3.33. The predicted octanol–water partition coefficient (Wildman–Crippen LogP) is 2.31. The molecule has 2 rings (SSSR count). The lowest BCUT2D eigenvalue weighted by Crippen LogP contribution is -2.36. The molecule has 0 aliphatic carbocycles. The van der Waals surface area contributed by atoms with Crippen LogP contribution in [0.25, 0.3) is 0 Å². The van der Waals surface area contributed by atoms with Crippen LogP contribution in [0.3, 0.4) is 0 Å². The predicted molar refractivity (Wildman–Crippen MR) is 94.5 cm³/mol. The molecule has 1 aromatic carbocycles. The Labute approximate surface area is 148 Å². The molecule has 1 heterocycles. The van der Waals surface area contributed by atoms with Gasteiger partial charge in [-0.1, -0.05) is 18.2 Å². The van der Waals surface area contributed by atoms with Crippen molar-refractivity contribution in [3.8, 4) is 5.75 Å². The lowest BCUT2D eigenvalue weighted by Gasteiger charge is -2.25. The van der Waals surface area contributed by atoms with Crippen molar-refractivity contribution < 1.29 is 23.7 Å². The summed E-state index contributed by atoms with van der Waals surface area (Å²) in [5.74, 6) is 1.59. The van der Waals surface area contributed by atoms with Gasteiger partial charge in [-0.15, -0.1) is 0 Å². The topological polar surface area (TPSA) is 64.3 Å². The summed E-state index contributed by atoms with van der Waals surface area (Å²) >= 11 is 0. The van der Waals surface area contributed by atoms with E-state index >= 15 is 0 Å². The maximum absolute atomic E-state index is 10.3. The van der Waals surface area contributed by atoms with Crippen LogP contribution in [0.2, 0.25) is 0 Å². The third kappa shape index (κ3) is 6.88. The molecule has 0 spiro atoms. The van der Waals surface area contributed by atoms with E-state index in [0.717, 1.165) is 17.1 Å². The zero-order chi connectivity index (χ0) is 17.9. The van der Waals surface area contributed by atoms with E-state index in [4.69, 9.17) is 18.6 Å². The van der Waals surface area contributed by atoms with E-state index < -0.39 is 6.10 Å². The molecule has 0 bridgehead atoms. The molecule has 138 valence electrons. The van der Waals surface area contributed by atoms with Crippen molar-refractivity contribution in [2.24, 2.45) is 0 Å². The molecule has 0 aliphatic heterocycles. The number of furan rings is 1. The van der Waals surface area contributed by atoms with E-state index in [1.165, 1.54) is 0 Å². The second-order valence-electron chi connectivity index (χ2n) is 5.79. The molecule has 1 N–H and O–H groups in total. The fourth-order valence-corrected chi connectivity index (χ4v) is 2.57. The number of para-hydroxylation sites is 1. The standard InChI is InChI=1S/C19H27NO5/c1-22-11-9-20(12-16-6-3-4-8-19(16)23-2)13-17(21)14-24-15-18-7-5-10-25-18/h3-8,10,17,21H,9,11-15H2,1-2H3/t17-/m1/s1. The van der Waals surface area contributed by atoms with Crippen molar-refractivity contribution in [1.82, 2.24) is 4.90 Å². The van der Waals surface area contributed by atoms with E-state index in [1.807, 2.05) is 36.4 Å². The first-order chi connectivity index (χ1) is 12.2. The zero-order valence-electron chi connectivity index (χ0n) is 14.9. The zero-order valence-corrected chi connectivity index (χ0v) is 14.9. The van der Waals surface area contributed by atoms with Crippen LogP contribution >= 0.6 is 0 Å². The number of nitrogens with zero attached hydrogens (tertiary/aromatic N) is 1. The molecule has 0 fully saturated rings. The Hall–Kier alpha value is -1.86. The van der Waals surface area contributed by atoms with E-state index in [1.54, 1.807) is 20.5 Å². The molecule has 1 aromatic heterocycles. The quantitative estimate of drug-likeness (QED) is 0.634. The van der Waals surface area contributed by atoms with Crippen LogP contribution in [0.4, 0.5) is 0 Å². The highest BCUT2D eigenvalue weighted by Gasteiger charge is 2.14. The summed E-state index contributed by atoms with van der Waals surface area (Å²) in [6.45, 7) is 3.06. The molecule has 25 heavy (non-hydrogen) atoms. The Morgan fingerprint density at radius 1 is 1.16 bits per heavy atom. The van der Waals surface area contributed by atoms with Crippen molar-refractivity contribution in [3.63, 3.8) is 0 Å². The molecule has 0 saturated carbocycles. The molecule has 0 unspecified atom stereocenters. The molecule has 0 saturated heterocycles. The number of aliphatic hydroxyl groups is 1. The number of hydrogen-bond acceptors (Lipinski definition) is 6. The minimum Gasteiger partial charge on any atom is -0.496 e. The number of ether oxygens (including phenoxy) is 3. The normalized spacial score (nSPS) is 12.5. The molecule has 2 aromatic rings. The van der Waals surface area contributed by atoms with Gasteiger partial charge in [0.2, 0.25) is 0 Å². The van der Waals surface area contributed by atoms with Gasteiger partial charge in [0.1, 0.15) is 18.1 Å². The summed E-state index contributed by atoms with van der Waals surface area (Å²) in [6, 6.07) is 11.5. The molecule has 0 aliphatic rings. The van der Waals surface area contributed by atoms with Crippen molar-refractivity contribution in [2.45, 2.75) is 19.3 Å². The van der Waals surface area contributed by atoms with Gasteiger partial charge >= 0.3 is 0 Å². The Bertz CT molecular complexity index is 587. The maximum atomic E-state index is 10.3. The van der Waals surface area contributed by atoms with E-state index in [0.29, 0.717) is 32.8 Å². The van der Waals surface area contributed by atoms with Gasteiger partial charge in [0.25, 0.3) is 0 Å². The summed E-state index contributed by atoms with van der Waals surface area (Å²) < 4.78 is 21.3. The van der Waals surface area contributed by atoms with Gasteiger partial charge in [-0.2, -0.15) is 0 Å². The summed E-state index contributed by atoms with van der Waals surface area (Å²) in [6.07, 6.45) is 1.01. The third-order valence-electron chi connectivity index (χ3n) is 3.80. The van der Waals surface area contributed by atoms with Crippen molar-refractivity contribution >= 4 is 0 Å². The number of aliphatic hydroxyl groups excluding tert-OH is 1. The largest absolute Gasteiger partial charge is 0.496 e. The third-order valence-corrected chi connectivity index (χ3v) is 3.80. The molecule has 6 heteroatoms. The monoisotopic (exact) mass is 349 g/mol. The number of benzene rings is 1. The Kier molecular flexibility index (Phi) is 8.48. The lowest BCUT2D eigenvalue weighted by molar-refractivity contribution is 0.000387. The van der Waals surface area contributed by atoms with Crippen LogP contribution in [-0.2, 0) is 22.6 Å². The molecule has 0 radical (unpaired) electrons. The second-order valence-corrected chi connectivity index (χ2v) is 5.79. The number of hydrogen-bond donors (Lipinski definition) is 1. The number of rotatable bonds is 12. The molecular weight excluding hydrogens is 322 g/mol. The van der Waals surface area contributed by atoms with Gasteiger partial charge in [-0.05, 0) is 18.2 Å². The van der Waals surface area contributed by atoms with Crippen LogP contribution in [-0.4, -0.2) is 56.6 Å². The summed E-state index contributed by atoms with van der Waals surface area (Å²) in [5, 5.41) is 10.3. The Morgan fingerprint density at radius 3 is 2.72 bits per heavy atom. The van der Waals surface area contributed by atoms with Crippen molar-refractivity contribution in [1.29, 1.82) is 0 Å². The van der Waals surface area contributed by atoms with E-state index in [-0.39, 0.29) is 6.61 Å². The van der Waals surface area contributed by atoms with Gasteiger partial charge in [0, 0.05) is 32.3 Å².